The van der Waals surface area contributed by atoms with Gasteiger partial charge in [-0.15, -0.1) is 0 Å². The molecule has 2 amide bonds. The van der Waals surface area contributed by atoms with E-state index in [-0.39, 0.29) is 11.8 Å². The summed E-state index contributed by atoms with van der Waals surface area (Å²) in [6.07, 6.45) is 0.482. The van der Waals surface area contributed by atoms with Crippen LogP contribution in [0.15, 0.2) is 42.5 Å². The van der Waals surface area contributed by atoms with Crippen molar-refractivity contribution in [2.24, 2.45) is 11.8 Å². The molecule has 0 unspecified atom stereocenters. The summed E-state index contributed by atoms with van der Waals surface area (Å²) in [5.74, 6) is 0.671. The molecule has 5 nitrogen and oxygen atoms in total. The van der Waals surface area contributed by atoms with Gasteiger partial charge in [-0.05, 0) is 54.7 Å². The van der Waals surface area contributed by atoms with E-state index in [1.807, 2.05) is 87.1 Å². The molecule has 0 saturated carbocycles. The highest BCUT2D eigenvalue weighted by atomic mass is 16.2. The molecule has 0 aliphatic heterocycles. The molecule has 0 aliphatic rings. The molecule has 0 aliphatic carbocycles. The van der Waals surface area contributed by atoms with Crippen molar-refractivity contribution < 1.29 is 9.59 Å². The molecule has 0 fully saturated rings. The highest BCUT2D eigenvalue weighted by Crippen LogP contribution is 2.26. The van der Waals surface area contributed by atoms with Gasteiger partial charge in [0, 0.05) is 50.5 Å². The standard InChI is InChI=1S/C26H37N3O2/c1-18(2)13-25(30)27-23-11-12-24(28(6)7)22(15-23)17-29(16-19(3)4)26(31)21-10-8-9-20(5)14-21/h8-12,14-15,18-19H,13,16-17H2,1-7H3,(H,27,30). The molecule has 0 aromatic heterocycles. The van der Waals surface area contributed by atoms with E-state index >= 15 is 0 Å². The lowest BCUT2D eigenvalue weighted by Crippen LogP contribution is -2.34. The molecule has 2 aromatic carbocycles. The van der Waals surface area contributed by atoms with Crippen LogP contribution in [0.2, 0.25) is 0 Å². The zero-order valence-electron chi connectivity index (χ0n) is 20.0. The average Bonchev–Trinajstić information content (AvgIpc) is 2.65. The fraction of sp³-hybridized carbons (Fsp3) is 0.462. The lowest BCUT2D eigenvalue weighted by molar-refractivity contribution is -0.116. The third-order valence-corrected chi connectivity index (χ3v) is 4.94. The number of amides is 2. The Kier molecular flexibility index (Phi) is 8.66. The maximum Gasteiger partial charge on any atom is 0.254 e. The van der Waals surface area contributed by atoms with Gasteiger partial charge in [0.15, 0.2) is 0 Å². The van der Waals surface area contributed by atoms with Crippen LogP contribution in [0.1, 0.15) is 55.6 Å². The van der Waals surface area contributed by atoms with Crippen LogP contribution in [0.25, 0.3) is 0 Å². The van der Waals surface area contributed by atoms with E-state index in [1.54, 1.807) is 0 Å². The van der Waals surface area contributed by atoms with Crippen molar-refractivity contribution in [1.82, 2.24) is 4.90 Å². The number of hydrogen-bond acceptors (Lipinski definition) is 3. The van der Waals surface area contributed by atoms with Crippen LogP contribution in [0.4, 0.5) is 11.4 Å². The van der Waals surface area contributed by atoms with Gasteiger partial charge in [-0.3, -0.25) is 9.59 Å². The molecule has 0 radical (unpaired) electrons. The van der Waals surface area contributed by atoms with Crippen molar-refractivity contribution in [3.63, 3.8) is 0 Å². The van der Waals surface area contributed by atoms with Crippen molar-refractivity contribution in [2.45, 2.75) is 47.6 Å². The highest BCUT2D eigenvalue weighted by molar-refractivity contribution is 5.94. The first-order chi connectivity index (χ1) is 14.6. The molecule has 31 heavy (non-hydrogen) atoms. The van der Waals surface area contributed by atoms with E-state index in [0.717, 1.165) is 22.5 Å². The van der Waals surface area contributed by atoms with E-state index in [1.165, 1.54) is 0 Å². The number of anilines is 2. The van der Waals surface area contributed by atoms with Gasteiger partial charge in [0.2, 0.25) is 5.91 Å². The number of benzene rings is 2. The Morgan fingerprint density at radius 2 is 1.68 bits per heavy atom. The van der Waals surface area contributed by atoms with Gasteiger partial charge in [0.1, 0.15) is 0 Å². The fourth-order valence-corrected chi connectivity index (χ4v) is 3.64. The number of hydrogen-bond donors (Lipinski definition) is 1. The number of carbonyl (C=O) groups excluding carboxylic acids is 2. The maximum atomic E-state index is 13.3. The molecule has 0 bridgehead atoms. The fourth-order valence-electron chi connectivity index (χ4n) is 3.64. The number of aryl methyl sites for hydroxylation is 1. The second kappa shape index (κ2) is 11.0. The van der Waals surface area contributed by atoms with Crippen LogP contribution in [0.5, 0.6) is 0 Å². The Hall–Kier alpha value is -2.82. The summed E-state index contributed by atoms with van der Waals surface area (Å²) in [4.78, 5) is 29.6. The molecule has 168 valence electrons. The average molecular weight is 424 g/mol. The summed E-state index contributed by atoms with van der Waals surface area (Å²) in [7, 11) is 3.98. The van der Waals surface area contributed by atoms with E-state index in [0.29, 0.717) is 36.9 Å². The minimum Gasteiger partial charge on any atom is -0.377 e. The summed E-state index contributed by atoms with van der Waals surface area (Å²) in [5, 5.41) is 3.00. The largest absolute Gasteiger partial charge is 0.377 e. The van der Waals surface area contributed by atoms with Crippen molar-refractivity contribution in [1.29, 1.82) is 0 Å². The number of rotatable bonds is 9. The summed E-state index contributed by atoms with van der Waals surface area (Å²) in [5.41, 5.74) is 4.58. The first kappa shape index (κ1) is 24.4. The maximum absolute atomic E-state index is 13.3. The van der Waals surface area contributed by atoms with Crippen LogP contribution in [0.3, 0.4) is 0 Å². The van der Waals surface area contributed by atoms with Gasteiger partial charge in [0.25, 0.3) is 5.91 Å². The topological polar surface area (TPSA) is 52.7 Å². The number of carbonyl (C=O) groups is 2. The summed E-state index contributed by atoms with van der Waals surface area (Å²) in [6.45, 7) is 11.4. The van der Waals surface area contributed by atoms with Crippen LogP contribution in [-0.2, 0) is 11.3 Å². The van der Waals surface area contributed by atoms with E-state index in [9.17, 15) is 9.59 Å². The first-order valence-corrected chi connectivity index (χ1v) is 11.0. The van der Waals surface area contributed by atoms with Crippen LogP contribution < -0.4 is 10.2 Å². The Balaban J connectivity index is 2.35. The molecule has 0 atom stereocenters. The third kappa shape index (κ3) is 7.42. The second-order valence-corrected chi connectivity index (χ2v) is 9.33. The molecular formula is C26H37N3O2. The molecule has 2 rings (SSSR count). The Morgan fingerprint density at radius 1 is 0.968 bits per heavy atom. The quantitative estimate of drug-likeness (QED) is 0.592. The van der Waals surface area contributed by atoms with Crippen molar-refractivity contribution in [2.75, 3.05) is 30.9 Å². The van der Waals surface area contributed by atoms with Gasteiger partial charge in [-0.2, -0.15) is 0 Å². The minimum atomic E-state index is 0.00780. The van der Waals surface area contributed by atoms with Gasteiger partial charge in [-0.1, -0.05) is 45.4 Å². The SMILES string of the molecule is Cc1cccc(C(=O)N(Cc2cc(NC(=O)CC(C)C)ccc2N(C)C)CC(C)C)c1. The van der Waals surface area contributed by atoms with Crippen molar-refractivity contribution in [3.8, 4) is 0 Å². The molecule has 1 N–H and O–H groups in total. The normalized spacial score (nSPS) is 11.0. The zero-order chi connectivity index (χ0) is 23.1. The van der Waals surface area contributed by atoms with Gasteiger partial charge in [-0.25, -0.2) is 0 Å². The molecule has 2 aromatic rings. The van der Waals surface area contributed by atoms with Crippen LogP contribution in [-0.4, -0.2) is 37.4 Å². The summed E-state index contributed by atoms with van der Waals surface area (Å²) < 4.78 is 0. The first-order valence-electron chi connectivity index (χ1n) is 11.0. The zero-order valence-corrected chi connectivity index (χ0v) is 20.0. The summed E-state index contributed by atoms with van der Waals surface area (Å²) in [6, 6.07) is 13.6. The molecule has 0 spiro atoms. The number of nitrogens with zero attached hydrogens (tertiary/aromatic N) is 2. The molecule has 0 heterocycles. The lowest BCUT2D eigenvalue weighted by Gasteiger charge is -2.28. The molecule has 5 heteroatoms. The Morgan fingerprint density at radius 3 is 2.26 bits per heavy atom. The minimum absolute atomic E-state index is 0.00780. The summed E-state index contributed by atoms with van der Waals surface area (Å²) >= 11 is 0. The predicted molar refractivity (Wildman–Crippen MR) is 130 cm³/mol. The van der Waals surface area contributed by atoms with Crippen molar-refractivity contribution >= 4 is 23.2 Å². The monoisotopic (exact) mass is 423 g/mol. The second-order valence-electron chi connectivity index (χ2n) is 9.33. The van der Waals surface area contributed by atoms with E-state index in [2.05, 4.69) is 19.2 Å². The van der Waals surface area contributed by atoms with Gasteiger partial charge >= 0.3 is 0 Å². The number of nitrogens with one attached hydrogen (secondary N) is 1. The third-order valence-electron chi connectivity index (χ3n) is 4.94. The smallest absolute Gasteiger partial charge is 0.254 e. The predicted octanol–water partition coefficient (Wildman–Crippen LogP) is 5.34. The van der Waals surface area contributed by atoms with Crippen LogP contribution >= 0.6 is 0 Å². The lowest BCUT2D eigenvalue weighted by atomic mass is 10.1. The van der Waals surface area contributed by atoms with E-state index in [4.69, 9.17) is 0 Å². The molecular weight excluding hydrogens is 386 g/mol. The van der Waals surface area contributed by atoms with Crippen LogP contribution in [0, 0.1) is 18.8 Å². The molecule has 0 saturated heterocycles. The van der Waals surface area contributed by atoms with Crippen molar-refractivity contribution in [3.05, 3.63) is 59.2 Å². The van der Waals surface area contributed by atoms with E-state index < -0.39 is 0 Å². The Labute approximate surface area is 187 Å². The van der Waals surface area contributed by atoms with Gasteiger partial charge in [0.05, 0.1) is 0 Å². The van der Waals surface area contributed by atoms with Gasteiger partial charge < -0.3 is 15.1 Å². The highest BCUT2D eigenvalue weighted by Gasteiger charge is 2.20. The Bertz CT molecular complexity index is 903.